The molecule has 1 aliphatic carbocycles. The van der Waals surface area contributed by atoms with Gasteiger partial charge in [-0.25, -0.2) is 4.79 Å². The van der Waals surface area contributed by atoms with Gasteiger partial charge in [0.25, 0.3) is 0 Å². The summed E-state index contributed by atoms with van der Waals surface area (Å²) < 4.78 is 13.6. The quantitative estimate of drug-likeness (QED) is 0.172. The van der Waals surface area contributed by atoms with Gasteiger partial charge in [0.05, 0.1) is 38.3 Å². The number of nitrogens with zero attached hydrogens (tertiary/aromatic N) is 2. The molecule has 2 aromatic heterocycles. The van der Waals surface area contributed by atoms with Gasteiger partial charge in [0, 0.05) is 46.8 Å². The van der Waals surface area contributed by atoms with Gasteiger partial charge in [-0.05, 0) is 55.3 Å². The minimum atomic E-state index is -1.06. The fourth-order valence-corrected chi connectivity index (χ4v) is 5.64. The fraction of sp³-hybridized carbons (Fsp3) is 0.188. The number of ether oxygens (including phenoxy) is 1. The lowest BCUT2D eigenvalue weighted by Crippen LogP contribution is -2.02. The number of hydrogen-bond donors (Lipinski definition) is 2. The number of aliphatic hydroxyl groups is 1. The van der Waals surface area contributed by atoms with Crippen molar-refractivity contribution in [2.24, 2.45) is 0 Å². The van der Waals surface area contributed by atoms with Crippen LogP contribution in [0.4, 0.5) is 0 Å². The zero-order valence-electron chi connectivity index (χ0n) is 22.0. The smallest absolute Gasteiger partial charge is 0.335 e. The Morgan fingerprint density at radius 2 is 1.79 bits per heavy atom. The van der Waals surface area contributed by atoms with Crippen LogP contribution < -0.4 is 4.74 Å². The predicted octanol–water partition coefficient (Wildman–Crippen LogP) is 7.80. The molecule has 2 heterocycles. The van der Waals surface area contributed by atoms with Crippen molar-refractivity contribution < 1.29 is 24.3 Å². The average Bonchev–Trinajstić information content (AvgIpc) is 3.60. The summed E-state index contributed by atoms with van der Waals surface area (Å²) in [4.78, 5) is 11.7. The van der Waals surface area contributed by atoms with Gasteiger partial charge >= 0.3 is 5.97 Å². The first-order valence-corrected chi connectivity index (χ1v) is 14.3. The maximum absolute atomic E-state index is 11.7. The van der Waals surface area contributed by atoms with Gasteiger partial charge in [0.15, 0.2) is 0 Å². The number of aromatic nitrogens is 2. The van der Waals surface area contributed by atoms with Crippen molar-refractivity contribution in [2.75, 3.05) is 6.61 Å². The molecule has 2 N–H and O–H groups in total. The third-order valence-electron chi connectivity index (χ3n) is 7.10. The number of aliphatic hydroxyl groups excluding tert-OH is 1. The zero-order valence-corrected chi connectivity index (χ0v) is 24.3. The van der Waals surface area contributed by atoms with E-state index in [1.165, 1.54) is 6.07 Å². The lowest BCUT2D eigenvalue weighted by Gasteiger charge is -2.10. The second kappa shape index (κ2) is 11.7. The molecular weight excluding hydrogens is 599 g/mol. The van der Waals surface area contributed by atoms with E-state index in [4.69, 9.17) is 44.1 Å². The van der Waals surface area contributed by atoms with Crippen molar-refractivity contribution in [1.82, 2.24) is 9.72 Å². The maximum atomic E-state index is 11.7. The average molecular weight is 622 g/mol. The summed E-state index contributed by atoms with van der Waals surface area (Å²) in [5.74, 6) is 6.66. The second-order valence-corrected chi connectivity index (χ2v) is 11.1. The Labute approximate surface area is 256 Å². The van der Waals surface area contributed by atoms with Crippen LogP contribution in [0.5, 0.6) is 5.75 Å². The number of halogens is 3. The number of carboxylic acids is 1. The first-order chi connectivity index (χ1) is 20.3. The summed E-state index contributed by atoms with van der Waals surface area (Å²) in [7, 11) is 0. The van der Waals surface area contributed by atoms with Crippen LogP contribution in [-0.4, -0.2) is 32.5 Å². The number of aromatic carboxylic acids is 1. The molecule has 1 aliphatic rings. The predicted molar refractivity (Wildman–Crippen MR) is 162 cm³/mol. The van der Waals surface area contributed by atoms with Crippen molar-refractivity contribution in [3.05, 3.63) is 104 Å². The molecule has 3 aromatic carbocycles. The van der Waals surface area contributed by atoms with Crippen molar-refractivity contribution in [1.29, 1.82) is 0 Å². The molecule has 0 bridgehead atoms. The molecule has 1 fully saturated rings. The summed E-state index contributed by atoms with van der Waals surface area (Å²) in [5.41, 5.74) is 3.85. The molecule has 6 rings (SSSR count). The number of benzene rings is 3. The number of hydrogen-bond acceptors (Lipinski definition) is 5. The molecular formula is C32H23Cl3N2O5. The molecule has 1 saturated carbocycles. The van der Waals surface area contributed by atoms with E-state index >= 15 is 0 Å². The minimum Gasteiger partial charge on any atom is -0.489 e. The molecule has 42 heavy (non-hydrogen) atoms. The molecule has 0 saturated heterocycles. The van der Waals surface area contributed by atoms with E-state index in [0.29, 0.717) is 61.2 Å². The second-order valence-electron chi connectivity index (χ2n) is 9.92. The highest BCUT2D eigenvalue weighted by molar-refractivity contribution is 6.39. The number of carbonyl (C=O) groups is 1. The zero-order chi connectivity index (χ0) is 29.4. The van der Waals surface area contributed by atoms with Gasteiger partial charge in [-0.2, -0.15) is 0 Å². The van der Waals surface area contributed by atoms with Crippen LogP contribution in [0.1, 0.15) is 51.6 Å². The maximum Gasteiger partial charge on any atom is 0.335 e. The van der Waals surface area contributed by atoms with Crippen LogP contribution in [0.2, 0.25) is 15.1 Å². The molecule has 212 valence electrons. The third kappa shape index (κ3) is 5.59. The van der Waals surface area contributed by atoms with Gasteiger partial charge in [-0.1, -0.05) is 57.9 Å². The first-order valence-electron chi connectivity index (χ1n) is 13.2. The highest BCUT2D eigenvalue weighted by atomic mass is 35.5. The summed E-state index contributed by atoms with van der Waals surface area (Å²) >= 11 is 19.5. The Bertz CT molecular complexity index is 1880. The van der Waals surface area contributed by atoms with Gasteiger partial charge in [-0.15, -0.1) is 0 Å². The lowest BCUT2D eigenvalue weighted by atomic mass is 10.0. The van der Waals surface area contributed by atoms with Crippen molar-refractivity contribution in [3.63, 3.8) is 0 Å². The van der Waals surface area contributed by atoms with Crippen LogP contribution in [0.25, 0.3) is 22.2 Å². The van der Waals surface area contributed by atoms with E-state index in [2.05, 4.69) is 17.0 Å². The fourth-order valence-electron chi connectivity index (χ4n) is 4.85. The van der Waals surface area contributed by atoms with Crippen molar-refractivity contribution in [2.45, 2.75) is 31.9 Å². The van der Waals surface area contributed by atoms with Gasteiger partial charge in [0.1, 0.15) is 23.8 Å². The number of rotatable bonds is 8. The minimum absolute atomic E-state index is 0.0693. The number of fused-ring (bicyclic) bond motifs is 1. The number of carboxylic acid groups (broad SMARTS) is 1. The van der Waals surface area contributed by atoms with Crippen LogP contribution >= 0.6 is 34.8 Å². The van der Waals surface area contributed by atoms with Gasteiger partial charge < -0.3 is 24.0 Å². The molecule has 5 aromatic rings. The summed E-state index contributed by atoms with van der Waals surface area (Å²) in [6.07, 6.45) is 3.84. The molecule has 0 aliphatic heterocycles. The van der Waals surface area contributed by atoms with Crippen LogP contribution in [0.3, 0.4) is 0 Å². The molecule has 0 unspecified atom stereocenters. The topological polar surface area (TPSA) is 97.7 Å². The van der Waals surface area contributed by atoms with E-state index in [-0.39, 0.29) is 18.8 Å². The van der Waals surface area contributed by atoms with Crippen molar-refractivity contribution in [3.8, 4) is 28.8 Å². The van der Waals surface area contributed by atoms with Crippen molar-refractivity contribution >= 4 is 51.7 Å². The first kappa shape index (κ1) is 28.2. The molecule has 0 atom stereocenters. The van der Waals surface area contributed by atoms with E-state index in [1.807, 2.05) is 6.07 Å². The van der Waals surface area contributed by atoms with Crippen LogP contribution in [-0.2, 0) is 13.2 Å². The standard InChI is InChI=1S/C32H23Cl3N2O5/c33-25-2-1-3-26(34)29(25)30-24(31(42-36-30)19-5-6-19)17-41-22-9-8-18(27(35)16-22)4-7-20-14-21(32(39)40)15-28-23(20)10-11-37(28)12-13-38/h1-3,8-11,14-16,19,38H,5-6,12-13,17H2,(H,39,40). The molecule has 0 radical (unpaired) electrons. The van der Waals surface area contributed by atoms with E-state index < -0.39 is 5.97 Å². The largest absolute Gasteiger partial charge is 0.489 e. The molecule has 7 nitrogen and oxygen atoms in total. The molecule has 10 heteroatoms. The highest BCUT2D eigenvalue weighted by Crippen LogP contribution is 2.46. The van der Waals surface area contributed by atoms with E-state index in [0.717, 1.165) is 29.6 Å². The lowest BCUT2D eigenvalue weighted by molar-refractivity contribution is 0.0697. The Balaban J connectivity index is 1.27. The van der Waals surface area contributed by atoms with Crippen LogP contribution in [0, 0.1) is 11.8 Å². The molecule has 0 spiro atoms. The Kier molecular flexibility index (Phi) is 7.89. The Morgan fingerprint density at radius 3 is 2.48 bits per heavy atom. The van der Waals surface area contributed by atoms with Crippen LogP contribution in [0.15, 0.2) is 65.3 Å². The Hall–Kier alpha value is -3.93. The van der Waals surface area contributed by atoms with Gasteiger partial charge in [-0.3, -0.25) is 0 Å². The van der Waals surface area contributed by atoms with E-state index in [1.54, 1.807) is 53.2 Å². The monoisotopic (exact) mass is 620 g/mol. The highest BCUT2D eigenvalue weighted by Gasteiger charge is 2.33. The normalized spacial score (nSPS) is 12.8. The Morgan fingerprint density at radius 1 is 1.02 bits per heavy atom. The summed E-state index contributed by atoms with van der Waals surface area (Å²) in [5, 5.41) is 25.4. The SMILES string of the molecule is O=C(O)c1cc(C#Cc2ccc(OCc3c(-c4c(Cl)cccc4Cl)noc3C3CC3)cc2Cl)c2ccn(CCO)c2c1. The summed E-state index contributed by atoms with van der Waals surface area (Å²) in [6, 6.07) is 15.4. The van der Waals surface area contributed by atoms with E-state index in [9.17, 15) is 15.0 Å². The molecule has 0 amide bonds. The van der Waals surface area contributed by atoms with Gasteiger partial charge in [0.2, 0.25) is 0 Å². The third-order valence-corrected chi connectivity index (χ3v) is 8.04. The summed E-state index contributed by atoms with van der Waals surface area (Å²) in [6.45, 7) is 0.454.